The van der Waals surface area contributed by atoms with Crippen LogP contribution in [0.3, 0.4) is 0 Å². The smallest absolute Gasteiger partial charge is 0.191 e. The van der Waals surface area contributed by atoms with Crippen LogP contribution in [0.5, 0.6) is 11.5 Å². The Balaban J connectivity index is 2.31. The maximum atomic E-state index is 13.4. The van der Waals surface area contributed by atoms with Crippen molar-refractivity contribution in [3.8, 4) is 11.5 Å². The maximum Gasteiger partial charge on any atom is 0.191 e. The second kappa shape index (κ2) is 6.70. The van der Waals surface area contributed by atoms with Crippen molar-refractivity contribution in [3.05, 3.63) is 72.2 Å². The van der Waals surface area contributed by atoms with E-state index in [0.29, 0.717) is 11.3 Å². The Kier molecular flexibility index (Phi) is 4.72. The Bertz CT molecular complexity index is 651. The van der Waals surface area contributed by atoms with E-state index >= 15 is 0 Å². The lowest BCUT2D eigenvalue weighted by Crippen LogP contribution is -2.04. The van der Waals surface area contributed by atoms with Gasteiger partial charge in [0.1, 0.15) is 17.3 Å². The normalized spacial score (nSPS) is 10.6. The molecule has 0 fully saturated rings. The van der Waals surface area contributed by atoms with Gasteiger partial charge < -0.3 is 9.64 Å². The zero-order chi connectivity index (χ0) is 15.2. The summed E-state index contributed by atoms with van der Waals surface area (Å²) in [5.74, 6) is 0.0621. The van der Waals surface area contributed by atoms with Crippen molar-refractivity contribution in [2.45, 2.75) is 0 Å². The molecule has 0 heterocycles. The monoisotopic (exact) mass is 285 g/mol. The zero-order valence-corrected chi connectivity index (χ0v) is 11.9. The zero-order valence-electron chi connectivity index (χ0n) is 11.9. The van der Waals surface area contributed by atoms with Gasteiger partial charge in [0.25, 0.3) is 0 Å². The SMILES string of the molecule is CN(C)/C=C/C(=O)c1ccc(F)cc1Oc1ccccc1. The van der Waals surface area contributed by atoms with Gasteiger partial charge in [-0.15, -0.1) is 0 Å². The van der Waals surface area contributed by atoms with Crippen molar-refractivity contribution >= 4 is 5.78 Å². The molecule has 21 heavy (non-hydrogen) atoms. The lowest BCUT2D eigenvalue weighted by Gasteiger charge is -2.10. The van der Waals surface area contributed by atoms with Crippen LogP contribution in [0.2, 0.25) is 0 Å². The summed E-state index contributed by atoms with van der Waals surface area (Å²) >= 11 is 0. The van der Waals surface area contributed by atoms with Gasteiger partial charge in [-0.3, -0.25) is 4.79 Å². The van der Waals surface area contributed by atoms with Gasteiger partial charge in [0.2, 0.25) is 0 Å². The molecule has 0 saturated heterocycles. The topological polar surface area (TPSA) is 29.5 Å². The van der Waals surface area contributed by atoms with Gasteiger partial charge in [0.05, 0.1) is 5.56 Å². The van der Waals surface area contributed by atoms with E-state index in [4.69, 9.17) is 4.74 Å². The van der Waals surface area contributed by atoms with Crippen LogP contribution in [0.25, 0.3) is 0 Å². The molecule has 0 aliphatic rings. The molecule has 0 bridgehead atoms. The third-order valence-electron chi connectivity index (χ3n) is 2.70. The first-order chi connectivity index (χ1) is 10.1. The fourth-order valence-corrected chi connectivity index (χ4v) is 1.71. The Morgan fingerprint density at radius 2 is 1.86 bits per heavy atom. The molecule has 108 valence electrons. The Labute approximate surface area is 123 Å². The summed E-state index contributed by atoms with van der Waals surface area (Å²) in [5, 5.41) is 0. The van der Waals surface area contributed by atoms with Gasteiger partial charge in [0.15, 0.2) is 5.78 Å². The molecule has 3 nitrogen and oxygen atoms in total. The van der Waals surface area contributed by atoms with Gasteiger partial charge >= 0.3 is 0 Å². The van der Waals surface area contributed by atoms with E-state index in [2.05, 4.69) is 0 Å². The van der Waals surface area contributed by atoms with Gasteiger partial charge in [-0.05, 0) is 24.3 Å². The second-order valence-corrected chi connectivity index (χ2v) is 4.70. The molecule has 0 aliphatic carbocycles. The molecule has 2 rings (SSSR count). The molecule has 4 heteroatoms. The summed E-state index contributed by atoms with van der Waals surface area (Å²) in [4.78, 5) is 13.9. The van der Waals surface area contributed by atoms with Crippen molar-refractivity contribution in [2.75, 3.05) is 14.1 Å². The van der Waals surface area contributed by atoms with Crippen LogP contribution in [-0.2, 0) is 0 Å². The van der Waals surface area contributed by atoms with Crippen LogP contribution < -0.4 is 4.74 Å². The highest BCUT2D eigenvalue weighted by atomic mass is 19.1. The molecule has 0 saturated carbocycles. The number of ether oxygens (including phenoxy) is 1. The summed E-state index contributed by atoms with van der Waals surface area (Å²) < 4.78 is 19.0. The van der Waals surface area contributed by atoms with Gasteiger partial charge in [-0.25, -0.2) is 4.39 Å². The number of halogens is 1. The van der Waals surface area contributed by atoms with Crippen LogP contribution in [0.4, 0.5) is 4.39 Å². The highest BCUT2D eigenvalue weighted by molar-refractivity contribution is 6.06. The number of hydrogen-bond donors (Lipinski definition) is 0. The molecule has 0 atom stereocenters. The summed E-state index contributed by atoms with van der Waals surface area (Å²) in [7, 11) is 3.63. The summed E-state index contributed by atoms with van der Waals surface area (Å²) in [6.07, 6.45) is 3.06. The highest BCUT2D eigenvalue weighted by Gasteiger charge is 2.12. The largest absolute Gasteiger partial charge is 0.456 e. The molecule has 0 aromatic heterocycles. The van der Waals surface area contributed by atoms with E-state index in [9.17, 15) is 9.18 Å². The number of carbonyl (C=O) groups is 1. The molecule has 0 aliphatic heterocycles. The van der Waals surface area contributed by atoms with E-state index in [1.165, 1.54) is 24.3 Å². The van der Waals surface area contributed by atoms with Crippen LogP contribution in [-0.4, -0.2) is 24.8 Å². The lowest BCUT2D eigenvalue weighted by atomic mass is 10.1. The minimum Gasteiger partial charge on any atom is -0.456 e. The molecule has 0 unspecified atom stereocenters. The van der Waals surface area contributed by atoms with Gasteiger partial charge in [-0.1, -0.05) is 18.2 Å². The van der Waals surface area contributed by atoms with Crippen LogP contribution in [0.15, 0.2) is 60.8 Å². The van der Waals surface area contributed by atoms with E-state index in [1.807, 2.05) is 32.3 Å². The fraction of sp³-hybridized carbons (Fsp3) is 0.118. The number of para-hydroxylation sites is 1. The first-order valence-corrected chi connectivity index (χ1v) is 6.47. The highest BCUT2D eigenvalue weighted by Crippen LogP contribution is 2.26. The molecule has 0 spiro atoms. The summed E-state index contributed by atoms with van der Waals surface area (Å²) in [6, 6.07) is 12.8. The Hall–Kier alpha value is -2.62. The maximum absolute atomic E-state index is 13.4. The number of rotatable bonds is 5. The van der Waals surface area contributed by atoms with Crippen LogP contribution in [0, 0.1) is 5.82 Å². The predicted molar refractivity (Wildman–Crippen MR) is 80.1 cm³/mol. The minimum atomic E-state index is -0.450. The number of nitrogens with zero attached hydrogens (tertiary/aromatic N) is 1. The average molecular weight is 285 g/mol. The molecule has 0 amide bonds. The summed E-state index contributed by atoms with van der Waals surface area (Å²) in [6.45, 7) is 0. The predicted octanol–water partition coefficient (Wildman–Crippen LogP) is 3.88. The molecule has 0 N–H and O–H groups in total. The van der Waals surface area contributed by atoms with Crippen molar-refractivity contribution < 1.29 is 13.9 Å². The first-order valence-electron chi connectivity index (χ1n) is 6.47. The standard InChI is InChI=1S/C17H16FNO2/c1-19(2)11-10-16(20)15-9-8-13(18)12-17(15)21-14-6-4-3-5-7-14/h3-12H,1-2H3/b11-10+. The number of benzene rings is 2. The molecular formula is C17H16FNO2. The van der Waals surface area contributed by atoms with Crippen molar-refractivity contribution in [2.24, 2.45) is 0 Å². The lowest BCUT2D eigenvalue weighted by molar-refractivity contribution is 0.104. The minimum absolute atomic E-state index is 0.203. The van der Waals surface area contributed by atoms with Crippen molar-refractivity contribution in [1.29, 1.82) is 0 Å². The van der Waals surface area contributed by atoms with E-state index in [-0.39, 0.29) is 11.5 Å². The molecule has 2 aromatic rings. The Morgan fingerprint density at radius 1 is 1.14 bits per heavy atom. The van der Waals surface area contributed by atoms with Crippen molar-refractivity contribution in [1.82, 2.24) is 4.90 Å². The van der Waals surface area contributed by atoms with Crippen molar-refractivity contribution in [3.63, 3.8) is 0 Å². The fourth-order valence-electron chi connectivity index (χ4n) is 1.71. The average Bonchev–Trinajstić information content (AvgIpc) is 2.46. The molecule has 0 radical (unpaired) electrons. The first kappa shape index (κ1) is 14.8. The number of hydrogen-bond acceptors (Lipinski definition) is 3. The quantitative estimate of drug-likeness (QED) is 0.617. The van der Waals surface area contributed by atoms with Crippen LogP contribution in [0.1, 0.15) is 10.4 Å². The van der Waals surface area contributed by atoms with E-state index in [0.717, 1.165) is 0 Å². The third kappa shape index (κ3) is 4.18. The number of ketones is 1. The third-order valence-corrected chi connectivity index (χ3v) is 2.70. The second-order valence-electron chi connectivity index (χ2n) is 4.70. The van der Waals surface area contributed by atoms with Gasteiger partial charge in [-0.2, -0.15) is 0 Å². The molecule has 2 aromatic carbocycles. The Morgan fingerprint density at radius 3 is 2.52 bits per heavy atom. The summed E-state index contributed by atoms with van der Waals surface area (Å²) in [5.41, 5.74) is 0.318. The van der Waals surface area contributed by atoms with Gasteiger partial charge in [0, 0.05) is 32.4 Å². The number of allylic oxidation sites excluding steroid dienone is 1. The van der Waals surface area contributed by atoms with Crippen LogP contribution >= 0.6 is 0 Å². The molecular weight excluding hydrogens is 269 g/mol. The number of carbonyl (C=O) groups excluding carboxylic acids is 1. The van der Waals surface area contributed by atoms with E-state index in [1.54, 1.807) is 23.2 Å². The van der Waals surface area contributed by atoms with E-state index < -0.39 is 5.82 Å².